The zero-order valence-electron chi connectivity index (χ0n) is 8.32. The van der Waals surface area contributed by atoms with E-state index in [0.717, 1.165) is 10.9 Å². The van der Waals surface area contributed by atoms with E-state index >= 15 is 0 Å². The molecular weight excluding hydrogens is 181 g/mol. The summed E-state index contributed by atoms with van der Waals surface area (Å²) in [5.41, 5.74) is 6.78. The van der Waals surface area contributed by atoms with Crippen molar-refractivity contribution >= 4 is 12.4 Å². The number of nitrogens with two attached hydrogens (primary N) is 1. The van der Waals surface area contributed by atoms with Crippen LogP contribution in [0.25, 0.3) is 0 Å². The normalized spacial score (nSPS) is 14.2. The quantitative estimate of drug-likeness (QED) is 0.736. The van der Waals surface area contributed by atoms with Gasteiger partial charge in [0.1, 0.15) is 7.14 Å². The van der Waals surface area contributed by atoms with E-state index in [-0.39, 0.29) is 6.04 Å². The molecule has 0 spiro atoms. The van der Waals surface area contributed by atoms with E-state index in [1.54, 1.807) is 13.3 Å². The summed E-state index contributed by atoms with van der Waals surface area (Å²) in [6, 6.07) is 7.71. The van der Waals surface area contributed by atoms with Crippen molar-refractivity contribution in [3.8, 4) is 0 Å². The van der Waals surface area contributed by atoms with Gasteiger partial charge in [-0.25, -0.2) is 0 Å². The molecule has 1 atom stereocenters. The molecule has 13 heavy (non-hydrogen) atoms. The molecule has 0 amide bonds. The van der Waals surface area contributed by atoms with Crippen molar-refractivity contribution in [2.75, 3.05) is 13.3 Å². The van der Waals surface area contributed by atoms with Crippen LogP contribution < -0.4 is 11.0 Å². The monoisotopic (exact) mass is 197 g/mol. The van der Waals surface area contributed by atoms with Crippen LogP contribution in [0.5, 0.6) is 0 Å². The van der Waals surface area contributed by atoms with Crippen LogP contribution in [0.4, 0.5) is 0 Å². The highest BCUT2D eigenvalue weighted by Crippen LogP contribution is 2.34. The predicted octanol–water partition coefficient (Wildman–Crippen LogP) is 1.95. The van der Waals surface area contributed by atoms with Gasteiger partial charge in [0, 0.05) is 11.3 Å². The number of rotatable bonds is 2. The highest BCUT2D eigenvalue weighted by Gasteiger charge is 2.11. The van der Waals surface area contributed by atoms with Crippen LogP contribution in [0.3, 0.4) is 0 Å². The van der Waals surface area contributed by atoms with Crippen LogP contribution in [0, 0.1) is 0 Å². The lowest BCUT2D eigenvalue weighted by Gasteiger charge is -2.10. The van der Waals surface area contributed by atoms with Crippen LogP contribution in [0.2, 0.25) is 0 Å². The fourth-order valence-corrected chi connectivity index (χ4v) is 2.05. The lowest BCUT2D eigenvalue weighted by molar-refractivity contribution is 0.588. The van der Waals surface area contributed by atoms with E-state index in [2.05, 4.69) is 0 Å². The first-order chi connectivity index (χ1) is 5.91. The Morgan fingerprint density at radius 3 is 2.46 bits per heavy atom. The van der Waals surface area contributed by atoms with Crippen molar-refractivity contribution in [3.05, 3.63) is 29.8 Å². The van der Waals surface area contributed by atoms with Crippen molar-refractivity contribution in [2.24, 2.45) is 5.73 Å². The van der Waals surface area contributed by atoms with Gasteiger partial charge in [-0.15, -0.1) is 0 Å². The Bertz CT molecular complexity index is 341. The lowest BCUT2D eigenvalue weighted by Crippen LogP contribution is -2.10. The molecule has 1 rings (SSSR count). The van der Waals surface area contributed by atoms with Gasteiger partial charge in [-0.2, -0.15) is 0 Å². The summed E-state index contributed by atoms with van der Waals surface area (Å²) >= 11 is 0. The molecule has 0 heterocycles. The highest BCUT2D eigenvalue weighted by molar-refractivity contribution is 7.70. The third-order valence-corrected chi connectivity index (χ3v) is 3.54. The Morgan fingerprint density at radius 2 is 2.00 bits per heavy atom. The first kappa shape index (κ1) is 10.5. The second-order valence-corrected chi connectivity index (χ2v) is 6.95. The van der Waals surface area contributed by atoms with Crippen LogP contribution in [-0.4, -0.2) is 13.3 Å². The predicted molar refractivity (Wildman–Crippen MR) is 58.1 cm³/mol. The number of hydrogen-bond acceptors (Lipinski definition) is 2. The minimum absolute atomic E-state index is 0.00602. The standard InChI is InChI=1S/C10H16NOP/c1-8(11)9-5-4-6-10(7-9)13(2,3)12/h4-8H,11H2,1-3H3/t8-/m0/s1. The van der Waals surface area contributed by atoms with Gasteiger partial charge < -0.3 is 10.3 Å². The highest BCUT2D eigenvalue weighted by atomic mass is 31.2. The SMILES string of the molecule is C[C@H](N)c1cccc(P(C)(C)=O)c1. The molecule has 0 aliphatic carbocycles. The molecule has 3 heteroatoms. The van der Waals surface area contributed by atoms with Crippen molar-refractivity contribution in [3.63, 3.8) is 0 Å². The molecule has 0 saturated heterocycles. The summed E-state index contributed by atoms with van der Waals surface area (Å²) < 4.78 is 11.8. The van der Waals surface area contributed by atoms with Gasteiger partial charge in [-0.05, 0) is 31.9 Å². The summed E-state index contributed by atoms with van der Waals surface area (Å²) in [6.07, 6.45) is 0. The number of benzene rings is 1. The number of hydrogen-bond donors (Lipinski definition) is 1. The molecule has 0 aliphatic rings. The lowest BCUT2D eigenvalue weighted by atomic mass is 10.1. The Hall–Kier alpha value is -0.590. The van der Waals surface area contributed by atoms with Crippen LogP contribution >= 0.6 is 7.14 Å². The van der Waals surface area contributed by atoms with E-state index in [1.807, 2.05) is 31.2 Å². The maximum absolute atomic E-state index is 11.8. The zero-order chi connectivity index (χ0) is 10.1. The molecule has 1 aromatic rings. The molecule has 0 aliphatic heterocycles. The Labute approximate surface area is 79.5 Å². The molecule has 0 bridgehead atoms. The zero-order valence-corrected chi connectivity index (χ0v) is 9.21. The van der Waals surface area contributed by atoms with E-state index in [1.165, 1.54) is 0 Å². The minimum Gasteiger partial charge on any atom is -0.324 e. The summed E-state index contributed by atoms with van der Waals surface area (Å²) in [4.78, 5) is 0. The molecule has 2 nitrogen and oxygen atoms in total. The van der Waals surface area contributed by atoms with Crippen molar-refractivity contribution < 1.29 is 4.57 Å². The van der Waals surface area contributed by atoms with Crippen LogP contribution in [0.15, 0.2) is 24.3 Å². The Balaban J connectivity index is 3.13. The maximum atomic E-state index is 11.8. The largest absolute Gasteiger partial charge is 0.324 e. The molecule has 2 N–H and O–H groups in total. The summed E-state index contributed by atoms with van der Waals surface area (Å²) in [7, 11) is -2.14. The van der Waals surface area contributed by atoms with E-state index in [9.17, 15) is 4.57 Å². The van der Waals surface area contributed by atoms with E-state index < -0.39 is 7.14 Å². The summed E-state index contributed by atoms with van der Waals surface area (Å²) in [5.74, 6) is 0. The van der Waals surface area contributed by atoms with E-state index in [4.69, 9.17) is 5.73 Å². The maximum Gasteiger partial charge on any atom is 0.109 e. The third kappa shape index (κ3) is 2.68. The van der Waals surface area contributed by atoms with Gasteiger partial charge in [-0.3, -0.25) is 0 Å². The fraction of sp³-hybridized carbons (Fsp3) is 0.400. The first-order valence-electron chi connectivity index (χ1n) is 4.32. The van der Waals surface area contributed by atoms with Crippen LogP contribution in [-0.2, 0) is 4.57 Å². The van der Waals surface area contributed by atoms with Crippen molar-refractivity contribution in [2.45, 2.75) is 13.0 Å². The molecular formula is C10H16NOP. The van der Waals surface area contributed by atoms with Crippen LogP contribution in [0.1, 0.15) is 18.5 Å². The average molecular weight is 197 g/mol. The third-order valence-electron chi connectivity index (χ3n) is 2.02. The van der Waals surface area contributed by atoms with Crippen molar-refractivity contribution in [1.82, 2.24) is 0 Å². The molecule has 72 valence electrons. The van der Waals surface area contributed by atoms with E-state index in [0.29, 0.717) is 0 Å². The van der Waals surface area contributed by atoms with Gasteiger partial charge in [0.25, 0.3) is 0 Å². The smallest absolute Gasteiger partial charge is 0.109 e. The molecule has 0 fully saturated rings. The Kier molecular flexibility index (Phi) is 2.94. The molecule has 0 saturated carbocycles. The average Bonchev–Trinajstić information content (AvgIpc) is 2.03. The van der Waals surface area contributed by atoms with Gasteiger partial charge in [0.15, 0.2) is 0 Å². The fourth-order valence-electron chi connectivity index (χ4n) is 1.14. The van der Waals surface area contributed by atoms with Gasteiger partial charge in [-0.1, -0.05) is 18.2 Å². The summed E-state index contributed by atoms with van der Waals surface area (Å²) in [5, 5.41) is 0.905. The van der Waals surface area contributed by atoms with Crippen molar-refractivity contribution in [1.29, 1.82) is 0 Å². The topological polar surface area (TPSA) is 43.1 Å². The van der Waals surface area contributed by atoms with Gasteiger partial charge in [0.2, 0.25) is 0 Å². The second-order valence-electron chi connectivity index (χ2n) is 3.73. The summed E-state index contributed by atoms with van der Waals surface area (Å²) in [6.45, 7) is 5.47. The molecule has 1 aromatic carbocycles. The van der Waals surface area contributed by atoms with Gasteiger partial charge >= 0.3 is 0 Å². The molecule has 0 radical (unpaired) electrons. The van der Waals surface area contributed by atoms with Gasteiger partial charge in [0.05, 0.1) is 0 Å². The first-order valence-corrected chi connectivity index (χ1v) is 6.92. The Morgan fingerprint density at radius 1 is 1.38 bits per heavy atom. The molecule has 0 aromatic heterocycles. The molecule has 0 unspecified atom stereocenters. The minimum atomic E-state index is -2.14. The second kappa shape index (κ2) is 3.65.